The Morgan fingerprint density at radius 3 is 2.39 bits per heavy atom. The third-order valence-electron chi connectivity index (χ3n) is 5.59. The first-order chi connectivity index (χ1) is 17.3. The molecule has 3 aromatic carbocycles. The van der Waals surface area contributed by atoms with Crippen molar-refractivity contribution in [2.24, 2.45) is 0 Å². The zero-order valence-corrected chi connectivity index (χ0v) is 20.4. The van der Waals surface area contributed by atoms with Gasteiger partial charge >= 0.3 is 17.2 Å². The molecule has 0 amide bonds. The van der Waals surface area contributed by atoms with Gasteiger partial charge in [0.25, 0.3) is 0 Å². The molecule has 0 saturated heterocycles. The van der Waals surface area contributed by atoms with E-state index in [4.69, 9.17) is 29.6 Å². The Hall–Kier alpha value is -4.14. The van der Waals surface area contributed by atoms with Crippen LogP contribution in [0.4, 0.5) is 0 Å². The predicted octanol–water partition coefficient (Wildman–Crippen LogP) is 6.95. The minimum atomic E-state index is -0.735. The highest BCUT2D eigenvalue weighted by molar-refractivity contribution is 9.10. The molecule has 0 fully saturated rings. The van der Waals surface area contributed by atoms with Crippen LogP contribution in [0.15, 0.2) is 100 Å². The molecule has 7 nitrogen and oxygen atoms in total. The van der Waals surface area contributed by atoms with Gasteiger partial charge in [0.15, 0.2) is 0 Å². The van der Waals surface area contributed by atoms with Crippen molar-refractivity contribution >= 4 is 66.4 Å². The minimum Gasteiger partial charge on any atom is -0.449 e. The molecular weight excluding hydrogens is 552 g/mol. The Morgan fingerprint density at radius 2 is 1.53 bits per heavy atom. The fraction of sp³-hybridized carbons (Fsp3) is 0. The van der Waals surface area contributed by atoms with Crippen molar-refractivity contribution in [2.75, 3.05) is 0 Å². The monoisotopic (exact) mass is 562 g/mol. The topological polar surface area (TPSA) is 99.9 Å². The lowest BCUT2D eigenvalue weighted by Crippen LogP contribution is -2.08. The van der Waals surface area contributed by atoms with Gasteiger partial charge < -0.3 is 18.0 Å². The van der Waals surface area contributed by atoms with Gasteiger partial charge in [0.1, 0.15) is 22.5 Å². The lowest BCUT2D eigenvalue weighted by molar-refractivity contribution is 0.0704. The fourth-order valence-electron chi connectivity index (χ4n) is 3.98. The highest BCUT2D eigenvalue weighted by Crippen LogP contribution is 2.31. The van der Waals surface area contributed by atoms with Gasteiger partial charge in [-0.1, -0.05) is 27.5 Å². The molecule has 0 radical (unpaired) electrons. The molecule has 6 aromatic rings. The number of hydrogen-bond donors (Lipinski definition) is 0. The van der Waals surface area contributed by atoms with Gasteiger partial charge in [-0.05, 0) is 60.7 Å². The number of furan rings is 1. The van der Waals surface area contributed by atoms with E-state index in [0.29, 0.717) is 37.9 Å². The number of rotatable bonds is 3. The maximum atomic E-state index is 12.7. The zero-order valence-electron chi connectivity index (χ0n) is 18.0. The van der Waals surface area contributed by atoms with Crippen molar-refractivity contribution in [2.45, 2.75) is 0 Å². The molecule has 9 heteroatoms. The summed E-state index contributed by atoms with van der Waals surface area (Å²) < 4.78 is 22.6. The summed E-state index contributed by atoms with van der Waals surface area (Å²) >= 11 is 9.39. The van der Waals surface area contributed by atoms with Gasteiger partial charge in [0.2, 0.25) is 5.76 Å². The molecule has 0 aliphatic heterocycles. The number of carbonyl (C=O) groups is 1. The number of fused-ring (bicyclic) bond motifs is 3. The predicted molar refractivity (Wildman–Crippen MR) is 138 cm³/mol. The van der Waals surface area contributed by atoms with Crippen molar-refractivity contribution in [3.8, 4) is 16.9 Å². The number of esters is 1. The number of hydrogen-bond acceptors (Lipinski definition) is 7. The van der Waals surface area contributed by atoms with E-state index in [0.717, 1.165) is 4.47 Å². The zero-order chi connectivity index (χ0) is 25.0. The van der Waals surface area contributed by atoms with Crippen LogP contribution in [-0.4, -0.2) is 5.97 Å². The van der Waals surface area contributed by atoms with Crippen LogP contribution in [0.5, 0.6) is 5.75 Å². The normalized spacial score (nSPS) is 11.4. The van der Waals surface area contributed by atoms with Crippen molar-refractivity contribution in [3.63, 3.8) is 0 Å². The SMILES string of the molecule is O=C(Oc1ccc2c(-c3cc4cc(Br)ccc4oc3=O)cc(=O)oc2c1)c1cc2cc(Cl)ccc2o1. The molecular formula is C27H12BrClO7. The molecule has 0 aliphatic carbocycles. The van der Waals surface area contributed by atoms with Crippen LogP contribution in [0, 0.1) is 0 Å². The number of benzene rings is 3. The molecule has 3 aromatic heterocycles. The highest BCUT2D eigenvalue weighted by atomic mass is 79.9. The van der Waals surface area contributed by atoms with E-state index in [1.807, 2.05) is 0 Å². The van der Waals surface area contributed by atoms with Gasteiger partial charge in [-0.15, -0.1) is 0 Å². The van der Waals surface area contributed by atoms with Crippen LogP contribution in [0.2, 0.25) is 5.02 Å². The second kappa shape index (κ2) is 8.51. The second-order valence-corrected chi connectivity index (χ2v) is 9.30. The smallest absolute Gasteiger partial charge is 0.379 e. The summed E-state index contributed by atoms with van der Waals surface area (Å²) in [5, 5.41) is 2.31. The number of halogens is 2. The Labute approximate surface area is 214 Å². The molecule has 0 bridgehead atoms. The maximum absolute atomic E-state index is 12.7. The Bertz CT molecular complexity index is 1970. The Balaban J connectivity index is 1.40. The quantitative estimate of drug-likeness (QED) is 0.130. The van der Waals surface area contributed by atoms with Crippen LogP contribution in [0.3, 0.4) is 0 Å². The third kappa shape index (κ3) is 4.00. The third-order valence-corrected chi connectivity index (χ3v) is 6.32. The summed E-state index contributed by atoms with van der Waals surface area (Å²) in [6.45, 7) is 0. The summed E-state index contributed by atoms with van der Waals surface area (Å²) in [6, 6.07) is 19.2. The summed E-state index contributed by atoms with van der Waals surface area (Å²) in [5.74, 6) is -0.621. The molecule has 0 spiro atoms. The molecule has 6 rings (SSSR count). The summed E-state index contributed by atoms with van der Waals surface area (Å²) in [6.07, 6.45) is 0. The van der Waals surface area contributed by atoms with Crippen molar-refractivity contribution in [1.29, 1.82) is 0 Å². The summed E-state index contributed by atoms with van der Waals surface area (Å²) in [7, 11) is 0. The van der Waals surface area contributed by atoms with E-state index < -0.39 is 17.2 Å². The number of carbonyl (C=O) groups excluding carboxylic acids is 1. The van der Waals surface area contributed by atoms with Gasteiger partial charge in [-0.2, -0.15) is 0 Å². The van der Waals surface area contributed by atoms with Crippen molar-refractivity contribution < 1.29 is 22.8 Å². The molecule has 0 atom stereocenters. The van der Waals surface area contributed by atoms with E-state index in [2.05, 4.69) is 15.9 Å². The molecule has 176 valence electrons. The Morgan fingerprint density at radius 1 is 0.750 bits per heavy atom. The fourth-order valence-corrected chi connectivity index (χ4v) is 4.54. The van der Waals surface area contributed by atoms with Gasteiger partial charge in [-0.25, -0.2) is 14.4 Å². The average Bonchev–Trinajstić information content (AvgIpc) is 3.26. The first-order valence-electron chi connectivity index (χ1n) is 10.6. The molecule has 3 heterocycles. The van der Waals surface area contributed by atoms with Gasteiger partial charge in [0, 0.05) is 43.4 Å². The van der Waals surface area contributed by atoms with Crippen LogP contribution in [0.1, 0.15) is 10.6 Å². The van der Waals surface area contributed by atoms with E-state index >= 15 is 0 Å². The molecule has 0 saturated carbocycles. The van der Waals surface area contributed by atoms with Gasteiger partial charge in [-0.3, -0.25) is 0 Å². The first kappa shape index (κ1) is 22.3. The largest absolute Gasteiger partial charge is 0.449 e. The standard InChI is InChI=1S/C27H12BrClO7/c28-15-1-5-22-13(7-15)9-20(26(31)36-22)19-12-25(30)35-23-11-17(3-4-18(19)23)33-27(32)24-10-14-8-16(29)2-6-21(14)34-24/h1-12H. The van der Waals surface area contributed by atoms with E-state index in [-0.39, 0.29) is 22.7 Å². The lowest BCUT2D eigenvalue weighted by Gasteiger charge is -2.08. The summed E-state index contributed by atoms with van der Waals surface area (Å²) in [5.41, 5.74) is 0.296. The Kier molecular flexibility index (Phi) is 5.28. The highest BCUT2D eigenvalue weighted by Gasteiger charge is 2.18. The van der Waals surface area contributed by atoms with Crippen LogP contribution in [0.25, 0.3) is 44.0 Å². The van der Waals surface area contributed by atoms with E-state index in [1.165, 1.54) is 24.3 Å². The average molecular weight is 564 g/mol. The molecule has 0 aliphatic rings. The van der Waals surface area contributed by atoms with Crippen molar-refractivity contribution in [1.82, 2.24) is 0 Å². The van der Waals surface area contributed by atoms with Crippen LogP contribution in [-0.2, 0) is 0 Å². The maximum Gasteiger partial charge on any atom is 0.379 e. The first-order valence-corrected chi connectivity index (χ1v) is 11.7. The molecule has 36 heavy (non-hydrogen) atoms. The van der Waals surface area contributed by atoms with Crippen LogP contribution < -0.4 is 16.0 Å². The minimum absolute atomic E-state index is 0.0116. The van der Waals surface area contributed by atoms with E-state index in [9.17, 15) is 14.4 Å². The van der Waals surface area contributed by atoms with Gasteiger partial charge in [0.05, 0.1) is 5.56 Å². The van der Waals surface area contributed by atoms with Crippen molar-refractivity contribution in [3.05, 3.63) is 109 Å². The molecule has 0 N–H and O–H groups in total. The van der Waals surface area contributed by atoms with Crippen LogP contribution >= 0.6 is 27.5 Å². The summed E-state index contributed by atoms with van der Waals surface area (Å²) in [4.78, 5) is 37.7. The second-order valence-electron chi connectivity index (χ2n) is 7.95. The molecule has 0 unspecified atom stereocenters. The lowest BCUT2D eigenvalue weighted by atomic mass is 10.0. The number of ether oxygens (including phenoxy) is 1. The van der Waals surface area contributed by atoms with E-state index in [1.54, 1.807) is 48.5 Å².